The fraction of sp³-hybridized carbons (Fsp3) is 0.667. The largest absolute Gasteiger partial charge is 0.433 e. The van der Waals surface area contributed by atoms with E-state index in [0.717, 1.165) is 17.3 Å². The van der Waals surface area contributed by atoms with Crippen LogP contribution in [0.2, 0.25) is 0 Å². The average molecular weight is 291 g/mol. The van der Waals surface area contributed by atoms with Crippen LogP contribution in [0.4, 0.5) is 13.2 Å². The van der Waals surface area contributed by atoms with Crippen molar-refractivity contribution < 1.29 is 23.1 Å². The van der Waals surface area contributed by atoms with Crippen molar-refractivity contribution >= 4 is 5.91 Å². The highest BCUT2D eigenvalue weighted by atomic mass is 19.4. The molecule has 0 bridgehead atoms. The second-order valence-corrected chi connectivity index (χ2v) is 4.98. The van der Waals surface area contributed by atoms with Gasteiger partial charge in [-0.1, -0.05) is 0 Å². The van der Waals surface area contributed by atoms with Crippen molar-refractivity contribution in [2.24, 2.45) is 0 Å². The lowest BCUT2D eigenvalue weighted by molar-refractivity contribution is -0.144. The Morgan fingerprint density at radius 3 is 2.65 bits per heavy atom. The second kappa shape index (κ2) is 5.08. The van der Waals surface area contributed by atoms with Gasteiger partial charge >= 0.3 is 6.18 Å². The van der Waals surface area contributed by atoms with Gasteiger partial charge in [-0.15, -0.1) is 0 Å². The Morgan fingerprint density at radius 1 is 1.55 bits per heavy atom. The summed E-state index contributed by atoms with van der Waals surface area (Å²) in [7, 11) is 0. The van der Waals surface area contributed by atoms with Crippen LogP contribution in [0.5, 0.6) is 0 Å². The molecule has 1 fully saturated rings. The molecule has 5 nitrogen and oxygen atoms in total. The summed E-state index contributed by atoms with van der Waals surface area (Å²) >= 11 is 0. The van der Waals surface area contributed by atoms with E-state index < -0.39 is 28.9 Å². The number of aliphatic hydroxyl groups is 1. The van der Waals surface area contributed by atoms with Crippen LogP contribution in [0.25, 0.3) is 0 Å². The number of carbonyl (C=O) groups excluding carboxylic acids is 1. The van der Waals surface area contributed by atoms with Gasteiger partial charge in [-0.2, -0.15) is 18.3 Å². The van der Waals surface area contributed by atoms with Crippen LogP contribution in [0.15, 0.2) is 6.20 Å². The van der Waals surface area contributed by atoms with Gasteiger partial charge < -0.3 is 10.4 Å². The number of rotatable bonds is 4. The molecule has 1 aliphatic carbocycles. The summed E-state index contributed by atoms with van der Waals surface area (Å²) in [6, 6.07) is 0. The molecule has 0 aliphatic heterocycles. The minimum atomic E-state index is -4.65. The van der Waals surface area contributed by atoms with Gasteiger partial charge in [0.25, 0.3) is 5.91 Å². The zero-order valence-corrected chi connectivity index (χ0v) is 11.0. The lowest BCUT2D eigenvalue weighted by atomic mass is 9.80. The molecule has 1 heterocycles. The van der Waals surface area contributed by atoms with Crippen molar-refractivity contribution in [1.29, 1.82) is 0 Å². The quantitative estimate of drug-likeness (QED) is 0.885. The molecular formula is C12H16F3N3O2. The summed E-state index contributed by atoms with van der Waals surface area (Å²) in [4.78, 5) is 11.9. The summed E-state index contributed by atoms with van der Waals surface area (Å²) in [5, 5.41) is 15.8. The van der Waals surface area contributed by atoms with E-state index >= 15 is 0 Å². The first-order valence-electron chi connectivity index (χ1n) is 6.40. The third kappa shape index (κ3) is 2.79. The Kier molecular flexibility index (Phi) is 3.77. The maximum atomic E-state index is 13.0. The van der Waals surface area contributed by atoms with Crippen molar-refractivity contribution in [3.63, 3.8) is 0 Å². The fourth-order valence-electron chi connectivity index (χ4n) is 2.19. The highest BCUT2D eigenvalue weighted by Gasteiger charge is 2.40. The summed E-state index contributed by atoms with van der Waals surface area (Å²) in [5.41, 5.74) is -2.55. The number of carbonyl (C=O) groups is 1. The van der Waals surface area contributed by atoms with E-state index in [2.05, 4.69) is 10.4 Å². The predicted octanol–water partition coefficient (Wildman–Crippen LogP) is 1.57. The molecule has 1 aromatic rings. The molecule has 2 rings (SSSR count). The molecule has 112 valence electrons. The molecule has 0 atom stereocenters. The highest BCUT2D eigenvalue weighted by molar-refractivity contribution is 5.95. The van der Waals surface area contributed by atoms with E-state index in [1.807, 2.05) is 0 Å². The minimum absolute atomic E-state index is 0.0199. The lowest BCUT2D eigenvalue weighted by Crippen LogP contribution is -2.48. The number of hydrogen-bond acceptors (Lipinski definition) is 3. The first kappa shape index (κ1) is 14.8. The first-order chi connectivity index (χ1) is 9.27. The SMILES string of the molecule is CCn1ncc(C(=O)NCC2(O)CCC2)c1C(F)(F)F. The van der Waals surface area contributed by atoms with Gasteiger partial charge in [0, 0.05) is 13.1 Å². The molecular weight excluding hydrogens is 275 g/mol. The van der Waals surface area contributed by atoms with Crippen molar-refractivity contribution in [2.75, 3.05) is 6.54 Å². The molecule has 0 unspecified atom stereocenters. The predicted molar refractivity (Wildman–Crippen MR) is 64.0 cm³/mol. The Balaban J connectivity index is 2.15. The first-order valence-corrected chi connectivity index (χ1v) is 6.40. The second-order valence-electron chi connectivity index (χ2n) is 4.98. The van der Waals surface area contributed by atoms with E-state index in [-0.39, 0.29) is 13.1 Å². The fourth-order valence-corrected chi connectivity index (χ4v) is 2.19. The lowest BCUT2D eigenvalue weighted by Gasteiger charge is -2.36. The molecule has 1 saturated carbocycles. The van der Waals surface area contributed by atoms with Crippen molar-refractivity contribution in [3.8, 4) is 0 Å². The molecule has 1 amide bonds. The van der Waals surface area contributed by atoms with Crippen molar-refractivity contribution in [2.45, 2.75) is 44.5 Å². The van der Waals surface area contributed by atoms with Crippen LogP contribution in [0.3, 0.4) is 0 Å². The van der Waals surface area contributed by atoms with E-state index in [0.29, 0.717) is 12.8 Å². The zero-order valence-electron chi connectivity index (χ0n) is 11.0. The molecule has 1 aromatic heterocycles. The topological polar surface area (TPSA) is 67.2 Å². The monoisotopic (exact) mass is 291 g/mol. The molecule has 8 heteroatoms. The molecule has 0 spiro atoms. The normalized spacial score (nSPS) is 17.6. The smallest absolute Gasteiger partial charge is 0.388 e. The number of aryl methyl sites for hydroxylation is 1. The van der Waals surface area contributed by atoms with Crippen molar-refractivity contribution in [1.82, 2.24) is 15.1 Å². The van der Waals surface area contributed by atoms with Crippen LogP contribution >= 0.6 is 0 Å². The number of hydrogen-bond donors (Lipinski definition) is 2. The molecule has 2 N–H and O–H groups in total. The van der Waals surface area contributed by atoms with Crippen LogP contribution in [-0.4, -0.2) is 32.9 Å². The summed E-state index contributed by atoms with van der Waals surface area (Å²) in [6.07, 6.45) is -1.78. The van der Waals surface area contributed by atoms with E-state index in [1.165, 1.54) is 6.92 Å². The van der Waals surface area contributed by atoms with Crippen LogP contribution in [-0.2, 0) is 12.7 Å². The van der Waals surface area contributed by atoms with Gasteiger partial charge in [-0.25, -0.2) is 0 Å². The molecule has 0 radical (unpaired) electrons. The Morgan fingerprint density at radius 2 is 2.20 bits per heavy atom. The maximum absolute atomic E-state index is 13.0. The van der Waals surface area contributed by atoms with Gasteiger partial charge in [-0.05, 0) is 26.2 Å². The minimum Gasteiger partial charge on any atom is -0.388 e. The molecule has 0 aromatic carbocycles. The van der Waals surface area contributed by atoms with Crippen LogP contribution in [0, 0.1) is 0 Å². The van der Waals surface area contributed by atoms with Gasteiger partial charge in [0.05, 0.1) is 17.4 Å². The number of nitrogens with one attached hydrogen (secondary N) is 1. The zero-order chi connectivity index (χ0) is 15.0. The maximum Gasteiger partial charge on any atom is 0.433 e. The van der Waals surface area contributed by atoms with Crippen molar-refractivity contribution in [3.05, 3.63) is 17.5 Å². The number of amides is 1. The molecule has 0 saturated heterocycles. The number of nitrogens with zero attached hydrogens (tertiary/aromatic N) is 2. The van der Waals surface area contributed by atoms with E-state index in [4.69, 9.17) is 0 Å². The third-order valence-electron chi connectivity index (χ3n) is 3.51. The summed E-state index contributed by atoms with van der Waals surface area (Å²) < 4.78 is 39.6. The number of aromatic nitrogens is 2. The third-order valence-corrected chi connectivity index (χ3v) is 3.51. The highest BCUT2D eigenvalue weighted by Crippen LogP contribution is 2.33. The Bertz CT molecular complexity index is 507. The Labute approximate surface area is 113 Å². The number of alkyl halides is 3. The number of halogens is 3. The van der Waals surface area contributed by atoms with Gasteiger partial charge in [0.1, 0.15) is 0 Å². The van der Waals surface area contributed by atoms with Gasteiger partial charge in [0.15, 0.2) is 5.69 Å². The van der Waals surface area contributed by atoms with Crippen LogP contribution in [0.1, 0.15) is 42.2 Å². The Hall–Kier alpha value is -1.57. The summed E-state index contributed by atoms with van der Waals surface area (Å²) in [5.74, 6) is -0.864. The summed E-state index contributed by atoms with van der Waals surface area (Å²) in [6.45, 7) is 1.49. The van der Waals surface area contributed by atoms with E-state index in [1.54, 1.807) is 0 Å². The van der Waals surface area contributed by atoms with E-state index in [9.17, 15) is 23.1 Å². The van der Waals surface area contributed by atoms with Gasteiger partial charge in [0.2, 0.25) is 0 Å². The van der Waals surface area contributed by atoms with Gasteiger partial charge in [-0.3, -0.25) is 9.48 Å². The molecule has 20 heavy (non-hydrogen) atoms. The standard InChI is InChI=1S/C12H16F3N3O2/c1-2-18-9(12(13,14)15)8(6-17-18)10(19)16-7-11(20)4-3-5-11/h6,20H,2-5,7H2,1H3,(H,16,19). The average Bonchev–Trinajstić information content (AvgIpc) is 2.77. The van der Waals surface area contributed by atoms with Crippen LogP contribution < -0.4 is 5.32 Å². The molecule has 1 aliphatic rings.